The van der Waals surface area contributed by atoms with Crippen LogP contribution in [0.5, 0.6) is 0 Å². The molecular formula is C20H27N3O4S2. The number of likely N-dealkylation sites (tertiary alicyclic amines) is 1. The molecule has 1 aliphatic carbocycles. The summed E-state index contributed by atoms with van der Waals surface area (Å²) in [7, 11) is -3.63. The largest absolute Gasteiger partial charge is 0.341 e. The van der Waals surface area contributed by atoms with Crippen LogP contribution < -0.4 is 10.0 Å². The fourth-order valence-electron chi connectivity index (χ4n) is 4.21. The fraction of sp³-hybridized carbons (Fsp3) is 0.600. The molecule has 0 bridgehead atoms. The van der Waals surface area contributed by atoms with Crippen molar-refractivity contribution < 1.29 is 18.0 Å². The Morgan fingerprint density at radius 1 is 1.07 bits per heavy atom. The first kappa shape index (κ1) is 20.7. The molecular weight excluding hydrogens is 410 g/mol. The van der Waals surface area contributed by atoms with Crippen molar-refractivity contribution in [3.05, 3.63) is 18.2 Å². The summed E-state index contributed by atoms with van der Waals surface area (Å²) < 4.78 is 28.1. The highest BCUT2D eigenvalue weighted by Crippen LogP contribution is 2.38. The van der Waals surface area contributed by atoms with Crippen LogP contribution in [0.4, 0.5) is 5.69 Å². The minimum Gasteiger partial charge on any atom is -0.341 e. The van der Waals surface area contributed by atoms with Crippen LogP contribution in [0.1, 0.15) is 51.4 Å². The number of benzene rings is 1. The number of hydrogen-bond donors (Lipinski definition) is 2. The molecule has 1 saturated heterocycles. The van der Waals surface area contributed by atoms with Gasteiger partial charge in [-0.1, -0.05) is 25.7 Å². The summed E-state index contributed by atoms with van der Waals surface area (Å²) in [6.45, 7) is 1.39. The summed E-state index contributed by atoms with van der Waals surface area (Å²) in [4.78, 5) is 28.2. The highest BCUT2D eigenvalue weighted by molar-refractivity contribution is 8.01. The lowest BCUT2D eigenvalue weighted by Crippen LogP contribution is -2.45. The van der Waals surface area contributed by atoms with Crippen LogP contribution >= 0.6 is 11.8 Å². The Morgan fingerprint density at radius 3 is 2.45 bits per heavy atom. The van der Waals surface area contributed by atoms with Crippen molar-refractivity contribution in [2.24, 2.45) is 0 Å². The Morgan fingerprint density at radius 2 is 1.76 bits per heavy atom. The van der Waals surface area contributed by atoms with Crippen LogP contribution in [0.25, 0.3) is 0 Å². The number of nitrogens with one attached hydrogen (secondary N) is 2. The average Bonchev–Trinajstić information content (AvgIpc) is 3.04. The van der Waals surface area contributed by atoms with Gasteiger partial charge in [0.25, 0.3) is 0 Å². The van der Waals surface area contributed by atoms with Crippen LogP contribution in [-0.4, -0.2) is 49.5 Å². The van der Waals surface area contributed by atoms with Crippen molar-refractivity contribution in [3.8, 4) is 0 Å². The molecule has 2 aliphatic heterocycles. The second-order valence-electron chi connectivity index (χ2n) is 7.99. The molecule has 3 aliphatic rings. The fourth-order valence-corrected chi connectivity index (χ4v) is 6.59. The van der Waals surface area contributed by atoms with Crippen molar-refractivity contribution in [1.29, 1.82) is 0 Å². The van der Waals surface area contributed by atoms with E-state index >= 15 is 0 Å². The standard InChI is InChI=1S/C20H27N3O4S2/c24-19-18(20(25)23-11-5-1-2-6-12-23)28-17-10-9-15(13-16(17)21-19)29(26,27)22-14-7-3-4-8-14/h9-10,13-14,18,22H,1-8,11-12H2,(H,21,24). The van der Waals surface area contributed by atoms with Crippen molar-refractivity contribution in [2.75, 3.05) is 18.4 Å². The van der Waals surface area contributed by atoms with E-state index in [0.29, 0.717) is 18.8 Å². The molecule has 29 heavy (non-hydrogen) atoms. The van der Waals surface area contributed by atoms with E-state index < -0.39 is 15.3 Å². The number of amides is 2. The van der Waals surface area contributed by atoms with Gasteiger partial charge < -0.3 is 10.2 Å². The maximum atomic E-state index is 12.9. The second-order valence-corrected chi connectivity index (χ2v) is 10.8. The van der Waals surface area contributed by atoms with Crippen LogP contribution in [0.15, 0.2) is 28.0 Å². The average molecular weight is 438 g/mol. The summed E-state index contributed by atoms with van der Waals surface area (Å²) >= 11 is 1.21. The molecule has 7 nitrogen and oxygen atoms in total. The predicted molar refractivity (Wildman–Crippen MR) is 112 cm³/mol. The number of carbonyl (C=O) groups excluding carboxylic acids is 2. The molecule has 1 aromatic carbocycles. The number of thioether (sulfide) groups is 1. The lowest BCUT2D eigenvalue weighted by molar-refractivity contribution is -0.133. The van der Waals surface area contributed by atoms with Gasteiger partial charge >= 0.3 is 0 Å². The lowest BCUT2D eigenvalue weighted by atomic mass is 10.2. The highest BCUT2D eigenvalue weighted by atomic mass is 32.2. The topological polar surface area (TPSA) is 95.6 Å². The first-order chi connectivity index (χ1) is 13.9. The van der Waals surface area contributed by atoms with Crippen molar-refractivity contribution in [2.45, 2.75) is 72.4 Å². The van der Waals surface area contributed by atoms with Gasteiger partial charge in [-0.3, -0.25) is 9.59 Å². The third-order valence-corrected chi connectivity index (χ3v) is 8.60. The molecule has 0 aromatic heterocycles. The van der Waals surface area contributed by atoms with Crippen molar-refractivity contribution >= 4 is 39.3 Å². The van der Waals surface area contributed by atoms with E-state index in [1.54, 1.807) is 17.0 Å². The van der Waals surface area contributed by atoms with Crippen molar-refractivity contribution in [1.82, 2.24) is 9.62 Å². The normalized spacial score (nSPS) is 23.4. The first-order valence-corrected chi connectivity index (χ1v) is 12.7. The van der Waals surface area contributed by atoms with E-state index in [0.717, 1.165) is 56.3 Å². The van der Waals surface area contributed by atoms with Crippen LogP contribution in [-0.2, 0) is 19.6 Å². The number of nitrogens with zero attached hydrogens (tertiary/aromatic N) is 1. The third kappa shape index (κ3) is 4.62. The van der Waals surface area contributed by atoms with Crippen LogP contribution in [0.3, 0.4) is 0 Å². The smallest absolute Gasteiger partial charge is 0.247 e. The van der Waals surface area contributed by atoms with Gasteiger partial charge in [0.1, 0.15) is 0 Å². The summed E-state index contributed by atoms with van der Waals surface area (Å²) in [5.74, 6) is -0.533. The quantitative estimate of drug-likeness (QED) is 0.706. The van der Waals surface area contributed by atoms with E-state index in [9.17, 15) is 18.0 Å². The summed E-state index contributed by atoms with van der Waals surface area (Å²) in [5.41, 5.74) is 0.453. The number of sulfonamides is 1. The van der Waals surface area contributed by atoms with E-state index in [1.165, 1.54) is 17.8 Å². The molecule has 2 amide bonds. The maximum Gasteiger partial charge on any atom is 0.247 e. The number of fused-ring (bicyclic) bond motifs is 1. The Balaban J connectivity index is 1.50. The zero-order valence-electron chi connectivity index (χ0n) is 16.4. The monoisotopic (exact) mass is 437 g/mol. The Hall–Kier alpha value is -1.58. The highest BCUT2D eigenvalue weighted by Gasteiger charge is 2.36. The molecule has 4 rings (SSSR count). The van der Waals surface area contributed by atoms with Gasteiger partial charge in [-0.25, -0.2) is 13.1 Å². The number of hydrogen-bond acceptors (Lipinski definition) is 5. The van der Waals surface area contributed by atoms with E-state index in [-0.39, 0.29) is 22.8 Å². The third-order valence-electron chi connectivity index (χ3n) is 5.82. The SMILES string of the molecule is O=C1Nc2cc(S(=O)(=O)NC3CCCC3)ccc2SC1C(=O)N1CCCCCC1. The zero-order valence-corrected chi connectivity index (χ0v) is 18.0. The molecule has 1 unspecified atom stereocenters. The van der Waals surface area contributed by atoms with Crippen molar-refractivity contribution in [3.63, 3.8) is 0 Å². The first-order valence-electron chi connectivity index (χ1n) is 10.4. The molecule has 1 saturated carbocycles. The Kier molecular flexibility index (Phi) is 6.17. The number of rotatable bonds is 4. The molecule has 9 heteroatoms. The van der Waals surface area contributed by atoms with Gasteiger partial charge in [0, 0.05) is 24.0 Å². The molecule has 2 fully saturated rings. The minimum absolute atomic E-state index is 0.0179. The molecule has 2 heterocycles. The molecule has 0 spiro atoms. The van der Waals surface area contributed by atoms with Gasteiger partial charge in [-0.05, 0) is 43.9 Å². The molecule has 0 radical (unpaired) electrons. The van der Waals surface area contributed by atoms with E-state index in [2.05, 4.69) is 10.0 Å². The molecule has 158 valence electrons. The molecule has 1 aromatic rings. The van der Waals surface area contributed by atoms with Crippen LogP contribution in [0.2, 0.25) is 0 Å². The number of carbonyl (C=O) groups is 2. The molecule has 1 atom stereocenters. The van der Waals surface area contributed by atoms with Gasteiger partial charge in [-0.2, -0.15) is 0 Å². The predicted octanol–water partition coefficient (Wildman–Crippen LogP) is 2.72. The number of anilines is 1. The maximum absolute atomic E-state index is 12.9. The van der Waals surface area contributed by atoms with Gasteiger partial charge in [0.15, 0.2) is 5.25 Å². The van der Waals surface area contributed by atoms with E-state index in [4.69, 9.17) is 0 Å². The van der Waals surface area contributed by atoms with E-state index in [1.807, 2.05) is 0 Å². The van der Waals surface area contributed by atoms with Crippen LogP contribution in [0, 0.1) is 0 Å². The minimum atomic E-state index is -3.63. The summed E-state index contributed by atoms with van der Waals surface area (Å²) in [6.07, 6.45) is 7.96. The van der Waals surface area contributed by atoms with Gasteiger partial charge in [0.05, 0.1) is 10.6 Å². The van der Waals surface area contributed by atoms with Gasteiger partial charge in [-0.15, -0.1) is 11.8 Å². The zero-order chi connectivity index (χ0) is 20.4. The Labute approximate surface area is 176 Å². The second kappa shape index (κ2) is 8.65. The summed E-state index contributed by atoms with van der Waals surface area (Å²) in [6, 6.07) is 4.71. The van der Waals surface area contributed by atoms with Gasteiger partial charge in [0.2, 0.25) is 21.8 Å². The molecule has 2 N–H and O–H groups in total. The Bertz CT molecular complexity index is 889. The summed E-state index contributed by atoms with van der Waals surface area (Å²) in [5, 5.41) is 1.93. The lowest BCUT2D eigenvalue weighted by Gasteiger charge is -2.29.